The molecular weight excluding hydrogens is 441 g/mol. The largest absolute Gasteiger partial charge is 0.419 e. The van der Waals surface area contributed by atoms with E-state index in [4.69, 9.17) is 0 Å². The molecule has 148 valence electrons. The molecule has 0 spiro atoms. The number of halogens is 4. The van der Waals surface area contributed by atoms with Gasteiger partial charge in [-0.25, -0.2) is 9.97 Å². The fourth-order valence-electron chi connectivity index (χ4n) is 2.48. The van der Waals surface area contributed by atoms with Crippen LogP contribution in [0.5, 0.6) is 0 Å². The molecule has 1 aromatic heterocycles. The summed E-state index contributed by atoms with van der Waals surface area (Å²) in [5.74, 6) is -0.760. The molecule has 0 radical (unpaired) electrons. The summed E-state index contributed by atoms with van der Waals surface area (Å²) in [6.07, 6.45) is -1.38. The van der Waals surface area contributed by atoms with Crippen LogP contribution in [0.25, 0.3) is 0 Å². The van der Waals surface area contributed by atoms with E-state index in [0.717, 1.165) is 17.3 Å². The SMILES string of the molecule is O=C(CN(CC1CC1)C(=O)c1ccc(Br)cc1)Nc1ncc(C(F)(F)F)cn1. The zero-order valence-corrected chi connectivity index (χ0v) is 16.1. The Kier molecular flexibility index (Phi) is 5.97. The van der Waals surface area contributed by atoms with E-state index in [-0.39, 0.29) is 18.4 Å². The maximum absolute atomic E-state index is 12.7. The zero-order valence-electron chi connectivity index (χ0n) is 14.5. The fraction of sp³-hybridized carbons (Fsp3) is 0.333. The Morgan fingerprint density at radius 2 is 1.75 bits per heavy atom. The molecule has 0 bridgehead atoms. The molecule has 0 atom stereocenters. The lowest BCUT2D eigenvalue weighted by atomic mass is 10.2. The Balaban J connectivity index is 1.65. The van der Waals surface area contributed by atoms with E-state index in [1.165, 1.54) is 4.90 Å². The van der Waals surface area contributed by atoms with Crippen LogP contribution in [0.15, 0.2) is 41.1 Å². The smallest absolute Gasteiger partial charge is 0.329 e. The van der Waals surface area contributed by atoms with Gasteiger partial charge in [0.2, 0.25) is 11.9 Å². The van der Waals surface area contributed by atoms with Crippen molar-refractivity contribution in [3.05, 3.63) is 52.3 Å². The third-order valence-corrected chi connectivity index (χ3v) is 4.65. The minimum absolute atomic E-state index is 0.240. The number of hydrogen-bond acceptors (Lipinski definition) is 4. The molecule has 2 amide bonds. The molecule has 1 aliphatic carbocycles. The first-order chi connectivity index (χ1) is 13.2. The summed E-state index contributed by atoms with van der Waals surface area (Å²) in [6.45, 7) is 0.200. The van der Waals surface area contributed by atoms with Crippen molar-refractivity contribution in [2.45, 2.75) is 19.0 Å². The standard InChI is InChI=1S/C18H16BrF3N4O2/c19-14-5-3-12(4-6-14)16(28)26(9-11-1-2-11)10-15(27)25-17-23-7-13(8-24-17)18(20,21)22/h3-8,11H,1-2,9-10H2,(H,23,24,25,27). The van der Waals surface area contributed by atoms with Crippen LogP contribution in [0.2, 0.25) is 0 Å². The van der Waals surface area contributed by atoms with Crippen molar-refractivity contribution in [3.63, 3.8) is 0 Å². The predicted octanol–water partition coefficient (Wildman–Crippen LogP) is 3.75. The highest BCUT2D eigenvalue weighted by Gasteiger charge is 2.32. The first-order valence-corrected chi connectivity index (χ1v) is 9.25. The second kappa shape index (κ2) is 8.26. The van der Waals surface area contributed by atoms with E-state index in [9.17, 15) is 22.8 Å². The molecule has 1 aromatic carbocycles. The molecule has 3 rings (SSSR count). The highest BCUT2D eigenvalue weighted by Crippen LogP contribution is 2.30. The van der Waals surface area contributed by atoms with Gasteiger partial charge in [0.15, 0.2) is 0 Å². The van der Waals surface area contributed by atoms with Gasteiger partial charge in [-0.05, 0) is 43.0 Å². The van der Waals surface area contributed by atoms with Crippen LogP contribution in [0.4, 0.5) is 19.1 Å². The van der Waals surface area contributed by atoms with Crippen molar-refractivity contribution in [2.24, 2.45) is 5.92 Å². The van der Waals surface area contributed by atoms with E-state index in [1.807, 2.05) is 0 Å². The van der Waals surface area contributed by atoms with Gasteiger partial charge in [0.05, 0.1) is 5.56 Å². The minimum Gasteiger partial charge on any atom is -0.329 e. The van der Waals surface area contributed by atoms with Crippen LogP contribution in [0.1, 0.15) is 28.8 Å². The van der Waals surface area contributed by atoms with Gasteiger partial charge in [-0.3, -0.25) is 14.9 Å². The predicted molar refractivity (Wildman–Crippen MR) is 98.4 cm³/mol. The topological polar surface area (TPSA) is 75.2 Å². The molecule has 0 unspecified atom stereocenters. The maximum atomic E-state index is 12.7. The third kappa shape index (κ3) is 5.51. The second-order valence-corrected chi connectivity index (χ2v) is 7.39. The number of aromatic nitrogens is 2. The Labute approximate surface area is 167 Å². The average molecular weight is 457 g/mol. The van der Waals surface area contributed by atoms with Gasteiger partial charge in [-0.1, -0.05) is 15.9 Å². The quantitative estimate of drug-likeness (QED) is 0.717. The third-order valence-electron chi connectivity index (χ3n) is 4.12. The number of alkyl halides is 3. The van der Waals surface area contributed by atoms with Crippen LogP contribution >= 0.6 is 15.9 Å². The van der Waals surface area contributed by atoms with Gasteiger partial charge in [0, 0.05) is 29.0 Å². The van der Waals surface area contributed by atoms with Crippen LogP contribution < -0.4 is 5.32 Å². The van der Waals surface area contributed by atoms with E-state index >= 15 is 0 Å². The zero-order chi connectivity index (χ0) is 20.3. The van der Waals surface area contributed by atoms with Gasteiger partial charge < -0.3 is 4.90 Å². The molecule has 1 heterocycles. The van der Waals surface area contributed by atoms with Gasteiger partial charge in [0.1, 0.15) is 6.54 Å². The molecule has 0 aliphatic heterocycles. The lowest BCUT2D eigenvalue weighted by Crippen LogP contribution is -2.39. The maximum Gasteiger partial charge on any atom is 0.419 e. The molecule has 0 saturated heterocycles. The molecule has 1 aliphatic rings. The highest BCUT2D eigenvalue weighted by molar-refractivity contribution is 9.10. The molecule has 6 nitrogen and oxygen atoms in total. The number of carbonyl (C=O) groups excluding carboxylic acids is 2. The van der Waals surface area contributed by atoms with Crippen molar-refractivity contribution in [2.75, 3.05) is 18.4 Å². The number of amides is 2. The van der Waals surface area contributed by atoms with Crippen molar-refractivity contribution in [1.29, 1.82) is 0 Å². The van der Waals surface area contributed by atoms with Gasteiger partial charge in [0.25, 0.3) is 5.91 Å². The summed E-state index contributed by atoms with van der Waals surface area (Å²) in [4.78, 5) is 33.5. The van der Waals surface area contributed by atoms with Crippen LogP contribution in [-0.4, -0.2) is 39.8 Å². The summed E-state index contributed by atoms with van der Waals surface area (Å²) >= 11 is 3.30. The van der Waals surface area contributed by atoms with E-state index in [0.29, 0.717) is 30.4 Å². The normalized spacial score (nSPS) is 13.9. The number of benzene rings is 1. The van der Waals surface area contributed by atoms with Crippen LogP contribution in [-0.2, 0) is 11.0 Å². The van der Waals surface area contributed by atoms with Crippen LogP contribution in [0, 0.1) is 5.92 Å². The summed E-state index contributed by atoms with van der Waals surface area (Å²) in [7, 11) is 0. The Bertz CT molecular complexity index is 853. The Morgan fingerprint density at radius 1 is 1.14 bits per heavy atom. The first kappa shape index (κ1) is 20.2. The number of rotatable bonds is 6. The lowest BCUT2D eigenvalue weighted by Gasteiger charge is -2.22. The summed E-state index contributed by atoms with van der Waals surface area (Å²) in [6, 6.07) is 6.78. The van der Waals surface area contributed by atoms with Crippen molar-refractivity contribution in [3.8, 4) is 0 Å². The molecule has 1 saturated carbocycles. The van der Waals surface area contributed by atoms with Gasteiger partial charge in [-0.15, -0.1) is 0 Å². The summed E-state index contributed by atoms with van der Waals surface area (Å²) in [5, 5.41) is 2.33. The van der Waals surface area contributed by atoms with E-state index < -0.39 is 17.6 Å². The Morgan fingerprint density at radius 3 is 2.29 bits per heavy atom. The van der Waals surface area contributed by atoms with Crippen molar-refractivity contribution >= 4 is 33.7 Å². The monoisotopic (exact) mass is 456 g/mol. The molecule has 1 N–H and O–H groups in total. The molecular formula is C18H16BrF3N4O2. The number of nitrogens with one attached hydrogen (secondary N) is 1. The minimum atomic E-state index is -4.55. The number of carbonyl (C=O) groups is 2. The molecule has 10 heteroatoms. The first-order valence-electron chi connectivity index (χ1n) is 8.46. The number of anilines is 1. The number of hydrogen-bond donors (Lipinski definition) is 1. The van der Waals surface area contributed by atoms with Gasteiger partial charge in [-0.2, -0.15) is 13.2 Å². The highest BCUT2D eigenvalue weighted by atomic mass is 79.9. The second-order valence-electron chi connectivity index (χ2n) is 6.48. The summed E-state index contributed by atoms with van der Waals surface area (Å²) in [5.41, 5.74) is -0.561. The van der Waals surface area contributed by atoms with Gasteiger partial charge >= 0.3 is 6.18 Å². The van der Waals surface area contributed by atoms with E-state index in [2.05, 4.69) is 31.2 Å². The van der Waals surface area contributed by atoms with Crippen molar-refractivity contribution in [1.82, 2.24) is 14.9 Å². The average Bonchev–Trinajstić information content (AvgIpc) is 3.45. The van der Waals surface area contributed by atoms with E-state index in [1.54, 1.807) is 24.3 Å². The number of nitrogens with zero attached hydrogens (tertiary/aromatic N) is 3. The molecule has 2 aromatic rings. The van der Waals surface area contributed by atoms with Crippen molar-refractivity contribution < 1.29 is 22.8 Å². The lowest BCUT2D eigenvalue weighted by molar-refractivity contribution is -0.138. The summed E-state index contributed by atoms with van der Waals surface area (Å²) < 4.78 is 38.5. The van der Waals surface area contributed by atoms with Crippen LogP contribution in [0.3, 0.4) is 0 Å². The molecule has 28 heavy (non-hydrogen) atoms. The molecule has 1 fully saturated rings. The fourth-order valence-corrected chi connectivity index (χ4v) is 2.75. The Hall–Kier alpha value is -2.49.